The smallest absolute Gasteiger partial charge is 0.139 e. The summed E-state index contributed by atoms with van der Waals surface area (Å²) < 4.78 is 0. The molecule has 0 heterocycles. The highest BCUT2D eigenvalue weighted by Crippen LogP contribution is 2.29. The molecular formula is C13H27N3O. The Morgan fingerprint density at radius 2 is 2.06 bits per heavy atom. The monoisotopic (exact) mass is 241 g/mol. The fourth-order valence-electron chi connectivity index (χ4n) is 2.52. The summed E-state index contributed by atoms with van der Waals surface area (Å²) in [6.45, 7) is 5.76. The van der Waals surface area contributed by atoms with Crippen LogP contribution in [0.1, 0.15) is 52.4 Å². The van der Waals surface area contributed by atoms with Crippen molar-refractivity contribution in [1.82, 2.24) is 5.32 Å². The summed E-state index contributed by atoms with van der Waals surface area (Å²) >= 11 is 0. The molecule has 0 saturated heterocycles. The van der Waals surface area contributed by atoms with Crippen LogP contribution in [0.3, 0.4) is 0 Å². The van der Waals surface area contributed by atoms with E-state index in [2.05, 4.69) is 24.3 Å². The number of hydrogen-bond acceptors (Lipinski definition) is 3. The zero-order valence-corrected chi connectivity index (χ0v) is 11.2. The fourth-order valence-corrected chi connectivity index (χ4v) is 2.52. The fraction of sp³-hybridized carbons (Fsp3) is 0.923. The van der Waals surface area contributed by atoms with Gasteiger partial charge in [0.15, 0.2) is 0 Å². The SMILES string of the molecule is CC1CCC(NCCCCC(N)=NO)CC1C. The Labute approximate surface area is 105 Å². The molecule has 0 aromatic rings. The van der Waals surface area contributed by atoms with Crippen LogP contribution in [0, 0.1) is 11.8 Å². The van der Waals surface area contributed by atoms with Gasteiger partial charge in [0.25, 0.3) is 0 Å². The van der Waals surface area contributed by atoms with E-state index in [-0.39, 0.29) is 0 Å². The number of oxime groups is 1. The van der Waals surface area contributed by atoms with Crippen LogP contribution >= 0.6 is 0 Å². The van der Waals surface area contributed by atoms with Gasteiger partial charge in [-0.25, -0.2) is 0 Å². The molecular weight excluding hydrogens is 214 g/mol. The minimum Gasteiger partial charge on any atom is -0.409 e. The summed E-state index contributed by atoms with van der Waals surface area (Å²) in [7, 11) is 0. The molecule has 0 radical (unpaired) electrons. The number of amidine groups is 1. The first kappa shape index (κ1) is 14.3. The van der Waals surface area contributed by atoms with Crippen LogP contribution in [0.4, 0.5) is 0 Å². The first-order valence-corrected chi connectivity index (χ1v) is 6.83. The predicted octanol–water partition coefficient (Wildman–Crippen LogP) is 2.32. The van der Waals surface area contributed by atoms with E-state index < -0.39 is 0 Å². The van der Waals surface area contributed by atoms with E-state index >= 15 is 0 Å². The van der Waals surface area contributed by atoms with Crippen LogP contribution in [0.2, 0.25) is 0 Å². The molecule has 17 heavy (non-hydrogen) atoms. The maximum atomic E-state index is 8.40. The van der Waals surface area contributed by atoms with Gasteiger partial charge in [0, 0.05) is 12.5 Å². The topological polar surface area (TPSA) is 70.6 Å². The highest BCUT2D eigenvalue weighted by Gasteiger charge is 2.23. The minimum absolute atomic E-state index is 0.338. The van der Waals surface area contributed by atoms with E-state index in [1.54, 1.807) is 0 Å². The average molecular weight is 241 g/mol. The van der Waals surface area contributed by atoms with E-state index in [1.807, 2.05) is 0 Å². The largest absolute Gasteiger partial charge is 0.409 e. The van der Waals surface area contributed by atoms with Crippen molar-refractivity contribution in [2.24, 2.45) is 22.7 Å². The molecule has 0 bridgehead atoms. The van der Waals surface area contributed by atoms with Crippen LogP contribution in [-0.4, -0.2) is 23.6 Å². The van der Waals surface area contributed by atoms with Gasteiger partial charge >= 0.3 is 0 Å². The van der Waals surface area contributed by atoms with Crippen molar-refractivity contribution in [3.8, 4) is 0 Å². The maximum absolute atomic E-state index is 8.40. The van der Waals surface area contributed by atoms with Gasteiger partial charge in [-0.1, -0.05) is 19.0 Å². The molecule has 100 valence electrons. The van der Waals surface area contributed by atoms with Gasteiger partial charge in [-0.05, 0) is 50.5 Å². The van der Waals surface area contributed by atoms with Crippen molar-refractivity contribution in [3.63, 3.8) is 0 Å². The van der Waals surface area contributed by atoms with Crippen molar-refractivity contribution in [3.05, 3.63) is 0 Å². The Morgan fingerprint density at radius 3 is 2.71 bits per heavy atom. The van der Waals surface area contributed by atoms with Gasteiger partial charge in [-0.3, -0.25) is 0 Å². The Morgan fingerprint density at radius 1 is 1.29 bits per heavy atom. The Balaban J connectivity index is 2.03. The lowest BCUT2D eigenvalue weighted by Gasteiger charge is -2.32. The summed E-state index contributed by atoms with van der Waals surface area (Å²) in [5, 5.41) is 15.0. The van der Waals surface area contributed by atoms with Crippen LogP contribution in [-0.2, 0) is 0 Å². The summed E-state index contributed by atoms with van der Waals surface area (Å²) in [4.78, 5) is 0. The zero-order chi connectivity index (χ0) is 12.7. The molecule has 0 aliphatic heterocycles. The Kier molecular flexibility index (Phi) is 6.34. The molecule has 1 saturated carbocycles. The third kappa shape index (κ3) is 5.39. The number of hydrogen-bond donors (Lipinski definition) is 3. The molecule has 4 nitrogen and oxygen atoms in total. The summed E-state index contributed by atoms with van der Waals surface area (Å²) in [6, 6.07) is 0.699. The number of nitrogens with zero attached hydrogens (tertiary/aromatic N) is 1. The van der Waals surface area contributed by atoms with Gasteiger partial charge < -0.3 is 16.3 Å². The molecule has 1 aliphatic carbocycles. The van der Waals surface area contributed by atoms with Gasteiger partial charge in [0.2, 0.25) is 0 Å². The second-order valence-electron chi connectivity index (χ2n) is 5.47. The molecule has 4 N–H and O–H groups in total. The number of unbranched alkanes of at least 4 members (excludes halogenated alkanes) is 1. The first-order chi connectivity index (χ1) is 8.13. The molecule has 1 fully saturated rings. The third-order valence-corrected chi connectivity index (χ3v) is 4.02. The van der Waals surface area contributed by atoms with Crippen LogP contribution in [0.25, 0.3) is 0 Å². The van der Waals surface area contributed by atoms with Gasteiger partial charge in [-0.15, -0.1) is 0 Å². The quantitative estimate of drug-likeness (QED) is 0.220. The molecule has 1 rings (SSSR count). The van der Waals surface area contributed by atoms with Crippen molar-refractivity contribution < 1.29 is 5.21 Å². The third-order valence-electron chi connectivity index (χ3n) is 4.02. The number of nitrogens with one attached hydrogen (secondary N) is 1. The van der Waals surface area contributed by atoms with Crippen LogP contribution in [0.5, 0.6) is 0 Å². The van der Waals surface area contributed by atoms with E-state index in [9.17, 15) is 0 Å². The molecule has 4 heteroatoms. The standard InChI is InChI=1S/C13H27N3O/c1-10-6-7-12(9-11(10)2)15-8-4-3-5-13(14)16-17/h10-12,15,17H,3-9H2,1-2H3,(H2,14,16). The van der Waals surface area contributed by atoms with E-state index in [1.165, 1.54) is 19.3 Å². The molecule has 1 aliphatic rings. The highest BCUT2D eigenvalue weighted by atomic mass is 16.4. The summed E-state index contributed by atoms with van der Waals surface area (Å²) in [6.07, 6.45) is 6.74. The highest BCUT2D eigenvalue weighted by molar-refractivity contribution is 5.79. The Hall–Kier alpha value is -0.770. The van der Waals surface area contributed by atoms with E-state index in [4.69, 9.17) is 10.9 Å². The summed E-state index contributed by atoms with van der Waals surface area (Å²) in [5.74, 6) is 2.07. The van der Waals surface area contributed by atoms with Crippen molar-refractivity contribution >= 4 is 5.84 Å². The normalized spacial score (nSPS) is 30.5. The second kappa shape index (κ2) is 7.54. The summed E-state index contributed by atoms with van der Waals surface area (Å²) in [5.41, 5.74) is 5.41. The van der Waals surface area contributed by atoms with E-state index in [0.717, 1.165) is 31.2 Å². The molecule has 0 amide bonds. The zero-order valence-electron chi connectivity index (χ0n) is 11.2. The van der Waals surface area contributed by atoms with Gasteiger partial charge in [0.1, 0.15) is 5.84 Å². The average Bonchev–Trinajstić information content (AvgIpc) is 2.33. The maximum Gasteiger partial charge on any atom is 0.139 e. The van der Waals surface area contributed by atoms with Crippen molar-refractivity contribution in [2.75, 3.05) is 6.54 Å². The Bertz CT molecular complexity index is 243. The molecule has 3 atom stereocenters. The van der Waals surface area contributed by atoms with Crippen LogP contribution in [0.15, 0.2) is 5.16 Å². The first-order valence-electron chi connectivity index (χ1n) is 6.83. The molecule has 0 spiro atoms. The van der Waals surface area contributed by atoms with Gasteiger partial charge in [0.05, 0.1) is 0 Å². The second-order valence-corrected chi connectivity index (χ2v) is 5.47. The van der Waals surface area contributed by atoms with Crippen molar-refractivity contribution in [2.45, 2.75) is 58.4 Å². The lowest BCUT2D eigenvalue weighted by atomic mass is 9.79. The van der Waals surface area contributed by atoms with Gasteiger partial charge in [-0.2, -0.15) is 0 Å². The molecule has 3 unspecified atom stereocenters. The lowest BCUT2D eigenvalue weighted by molar-refractivity contribution is 0.226. The van der Waals surface area contributed by atoms with E-state index in [0.29, 0.717) is 18.3 Å². The molecule has 0 aromatic heterocycles. The van der Waals surface area contributed by atoms with Crippen molar-refractivity contribution in [1.29, 1.82) is 0 Å². The number of nitrogens with two attached hydrogens (primary N) is 1. The minimum atomic E-state index is 0.338. The van der Waals surface area contributed by atoms with Crippen LogP contribution < -0.4 is 11.1 Å². The number of rotatable bonds is 6. The lowest BCUT2D eigenvalue weighted by Crippen LogP contribution is -2.36. The molecule has 0 aromatic carbocycles. The predicted molar refractivity (Wildman–Crippen MR) is 71.2 cm³/mol.